The summed E-state index contributed by atoms with van der Waals surface area (Å²) in [7, 11) is 1.33. The van der Waals surface area contributed by atoms with Crippen LogP contribution in [0.3, 0.4) is 0 Å². The lowest BCUT2D eigenvalue weighted by molar-refractivity contribution is 0.0600. The normalized spacial score (nSPS) is 10.9. The summed E-state index contributed by atoms with van der Waals surface area (Å²) in [4.78, 5) is 15.8. The summed E-state index contributed by atoms with van der Waals surface area (Å²) in [5.74, 6) is 0.539. The summed E-state index contributed by atoms with van der Waals surface area (Å²) in [5.41, 5.74) is 3.85. The predicted molar refractivity (Wildman–Crippen MR) is 117 cm³/mol. The molecule has 2 aromatic heterocycles. The summed E-state index contributed by atoms with van der Waals surface area (Å²) < 4.78 is 16.2. The second-order valence-electron chi connectivity index (χ2n) is 6.65. The first-order chi connectivity index (χ1) is 15.2. The fraction of sp³-hybridized carbons (Fsp3) is 0.0800. The molecule has 0 spiro atoms. The zero-order chi connectivity index (χ0) is 21.5. The lowest BCUT2D eigenvalue weighted by Crippen LogP contribution is -2.03. The van der Waals surface area contributed by atoms with Gasteiger partial charge < -0.3 is 14.0 Å². The van der Waals surface area contributed by atoms with Crippen molar-refractivity contribution >= 4 is 18.1 Å². The lowest BCUT2D eigenvalue weighted by atomic mass is 10.1. The van der Waals surface area contributed by atoms with Gasteiger partial charge in [-0.2, -0.15) is 0 Å². The van der Waals surface area contributed by atoms with Gasteiger partial charge in [0.2, 0.25) is 5.88 Å². The molecule has 2 heterocycles. The van der Waals surface area contributed by atoms with E-state index in [4.69, 9.17) is 14.0 Å². The number of hydrogen-bond donors (Lipinski definition) is 0. The van der Waals surface area contributed by atoms with Crippen molar-refractivity contribution in [2.24, 2.45) is 0 Å². The summed E-state index contributed by atoms with van der Waals surface area (Å²) in [6.07, 6.45) is 5.26. The highest BCUT2D eigenvalue weighted by atomic mass is 16.5. The number of carbonyl (C=O) groups is 1. The molecule has 31 heavy (non-hydrogen) atoms. The minimum atomic E-state index is -0.446. The maximum atomic E-state index is 11.6. The van der Waals surface area contributed by atoms with Gasteiger partial charge in [-0.05, 0) is 17.7 Å². The van der Waals surface area contributed by atoms with E-state index in [0.717, 1.165) is 16.7 Å². The highest BCUT2D eigenvalue weighted by Gasteiger charge is 2.17. The van der Waals surface area contributed by atoms with Gasteiger partial charge in [-0.1, -0.05) is 71.9 Å². The van der Waals surface area contributed by atoms with Crippen LogP contribution in [0.4, 0.5) is 0 Å². The molecule has 4 rings (SSSR count). The first kappa shape index (κ1) is 20.1. The summed E-state index contributed by atoms with van der Waals surface area (Å²) in [6.45, 7) is 0.201. The van der Waals surface area contributed by atoms with Crippen molar-refractivity contribution in [2.45, 2.75) is 6.61 Å². The van der Waals surface area contributed by atoms with Crippen LogP contribution in [0.5, 0.6) is 5.88 Å². The first-order valence-corrected chi connectivity index (χ1v) is 9.69. The monoisotopic (exact) mass is 412 g/mol. The van der Waals surface area contributed by atoms with Gasteiger partial charge in [-0.25, -0.2) is 9.78 Å². The maximum absolute atomic E-state index is 11.6. The Kier molecular flexibility index (Phi) is 6.18. The van der Waals surface area contributed by atoms with Gasteiger partial charge >= 0.3 is 5.97 Å². The number of carbonyl (C=O) groups excluding carboxylic acids is 1. The number of benzene rings is 2. The number of rotatable bonds is 7. The summed E-state index contributed by atoms with van der Waals surface area (Å²) in [6, 6.07) is 22.9. The molecular weight excluding hydrogens is 392 g/mol. The smallest absolute Gasteiger partial charge is 0.339 e. The second kappa shape index (κ2) is 9.54. The number of nitrogens with zero attached hydrogens (tertiary/aromatic N) is 2. The van der Waals surface area contributed by atoms with E-state index >= 15 is 0 Å². The van der Waals surface area contributed by atoms with Gasteiger partial charge in [0, 0.05) is 17.8 Å². The van der Waals surface area contributed by atoms with Gasteiger partial charge in [-0.3, -0.25) is 0 Å². The van der Waals surface area contributed by atoms with Crippen LogP contribution in [0.25, 0.3) is 23.4 Å². The summed E-state index contributed by atoms with van der Waals surface area (Å²) >= 11 is 0. The molecule has 0 aliphatic carbocycles. The molecule has 0 bridgehead atoms. The van der Waals surface area contributed by atoms with Crippen molar-refractivity contribution < 1.29 is 18.8 Å². The van der Waals surface area contributed by atoms with Crippen molar-refractivity contribution in [3.8, 4) is 17.1 Å². The third kappa shape index (κ3) is 4.87. The Labute approximate surface area is 179 Å². The SMILES string of the molecule is COC(=O)c1ccc(OCc2c(-c3ccccc3)noc2C=Cc2ccccc2)nc1. The standard InChI is InChI=1S/C25H20N2O4/c1-29-25(28)20-13-15-23(26-16-20)30-17-21-22(14-12-18-8-4-2-5-9-18)31-27-24(21)19-10-6-3-7-11-19/h2-16H,17H2,1H3. The molecule has 0 radical (unpaired) electrons. The van der Waals surface area contributed by atoms with Crippen LogP contribution in [-0.2, 0) is 11.3 Å². The third-order valence-electron chi connectivity index (χ3n) is 4.61. The van der Waals surface area contributed by atoms with E-state index in [-0.39, 0.29) is 6.61 Å². The van der Waals surface area contributed by atoms with Crippen LogP contribution in [-0.4, -0.2) is 23.2 Å². The zero-order valence-corrected chi connectivity index (χ0v) is 16.9. The Hall–Kier alpha value is -4.19. The summed E-state index contributed by atoms with van der Waals surface area (Å²) in [5, 5.41) is 4.27. The largest absolute Gasteiger partial charge is 0.473 e. The van der Waals surface area contributed by atoms with E-state index in [1.54, 1.807) is 12.1 Å². The number of methoxy groups -OCH3 is 1. The second-order valence-corrected chi connectivity index (χ2v) is 6.65. The van der Waals surface area contributed by atoms with Crippen LogP contribution in [0.15, 0.2) is 83.5 Å². The topological polar surface area (TPSA) is 74.5 Å². The Morgan fingerprint density at radius 1 is 0.968 bits per heavy atom. The number of aromatic nitrogens is 2. The van der Waals surface area contributed by atoms with E-state index in [1.165, 1.54) is 13.3 Å². The molecule has 0 amide bonds. The van der Waals surface area contributed by atoms with Crippen molar-refractivity contribution in [2.75, 3.05) is 7.11 Å². The van der Waals surface area contributed by atoms with Crippen LogP contribution < -0.4 is 4.74 Å². The van der Waals surface area contributed by atoms with E-state index in [0.29, 0.717) is 22.9 Å². The average molecular weight is 412 g/mol. The molecule has 0 saturated carbocycles. The van der Waals surface area contributed by atoms with E-state index in [2.05, 4.69) is 10.1 Å². The molecule has 0 saturated heterocycles. The Morgan fingerprint density at radius 3 is 2.39 bits per heavy atom. The molecule has 0 atom stereocenters. The molecule has 0 fully saturated rings. The minimum absolute atomic E-state index is 0.201. The van der Waals surface area contributed by atoms with Crippen LogP contribution in [0.1, 0.15) is 27.2 Å². The lowest BCUT2D eigenvalue weighted by Gasteiger charge is -2.07. The highest BCUT2D eigenvalue weighted by Crippen LogP contribution is 2.28. The van der Waals surface area contributed by atoms with Gasteiger partial charge in [0.15, 0.2) is 5.76 Å². The zero-order valence-electron chi connectivity index (χ0n) is 16.9. The fourth-order valence-corrected chi connectivity index (χ4v) is 3.00. The van der Waals surface area contributed by atoms with Gasteiger partial charge in [-0.15, -0.1) is 0 Å². The van der Waals surface area contributed by atoms with Gasteiger partial charge in [0.1, 0.15) is 12.3 Å². The number of hydrogen-bond acceptors (Lipinski definition) is 6. The van der Waals surface area contributed by atoms with Crippen molar-refractivity contribution in [3.05, 3.63) is 101 Å². The Bertz CT molecular complexity index is 1170. The maximum Gasteiger partial charge on any atom is 0.339 e. The van der Waals surface area contributed by atoms with Gasteiger partial charge in [0.05, 0.1) is 18.2 Å². The molecule has 0 unspecified atom stereocenters. The third-order valence-corrected chi connectivity index (χ3v) is 4.61. The Morgan fingerprint density at radius 2 is 1.71 bits per heavy atom. The molecule has 6 heteroatoms. The molecule has 154 valence electrons. The van der Waals surface area contributed by atoms with Crippen LogP contribution in [0.2, 0.25) is 0 Å². The molecule has 0 aliphatic heterocycles. The number of esters is 1. The molecule has 0 aliphatic rings. The molecule has 2 aromatic carbocycles. The van der Waals surface area contributed by atoms with Crippen molar-refractivity contribution in [1.82, 2.24) is 10.1 Å². The van der Waals surface area contributed by atoms with E-state index < -0.39 is 5.97 Å². The van der Waals surface area contributed by atoms with Crippen molar-refractivity contribution in [1.29, 1.82) is 0 Å². The molecule has 0 N–H and O–H groups in total. The van der Waals surface area contributed by atoms with E-state index in [1.807, 2.05) is 72.8 Å². The first-order valence-electron chi connectivity index (χ1n) is 9.69. The Balaban J connectivity index is 1.60. The average Bonchev–Trinajstić information content (AvgIpc) is 3.25. The molecule has 4 aromatic rings. The minimum Gasteiger partial charge on any atom is -0.473 e. The molecule has 6 nitrogen and oxygen atoms in total. The fourth-order valence-electron chi connectivity index (χ4n) is 3.00. The number of pyridine rings is 1. The van der Waals surface area contributed by atoms with E-state index in [9.17, 15) is 4.79 Å². The van der Waals surface area contributed by atoms with Crippen LogP contribution >= 0.6 is 0 Å². The predicted octanol–water partition coefficient (Wildman–Crippen LogP) is 5.27. The highest BCUT2D eigenvalue weighted by molar-refractivity contribution is 5.88. The van der Waals surface area contributed by atoms with Gasteiger partial charge in [0.25, 0.3) is 0 Å². The van der Waals surface area contributed by atoms with Crippen molar-refractivity contribution in [3.63, 3.8) is 0 Å². The quantitative estimate of drug-likeness (QED) is 0.385. The number of ether oxygens (including phenoxy) is 2. The van der Waals surface area contributed by atoms with Crippen LogP contribution in [0, 0.1) is 0 Å². The molecular formula is C25H20N2O4.